The highest BCUT2D eigenvalue weighted by Crippen LogP contribution is 2.36. The van der Waals surface area contributed by atoms with Crippen molar-refractivity contribution >= 4 is 38.6 Å². The van der Waals surface area contributed by atoms with Crippen molar-refractivity contribution in [2.45, 2.75) is 26.3 Å². The van der Waals surface area contributed by atoms with Crippen LogP contribution in [0.3, 0.4) is 0 Å². The van der Waals surface area contributed by atoms with Gasteiger partial charge in [-0.25, -0.2) is 18.5 Å². The van der Waals surface area contributed by atoms with Crippen molar-refractivity contribution in [3.8, 4) is 11.5 Å². The third kappa shape index (κ3) is 7.73. The SMILES string of the molecule is C=C(C)c1c(OC)cc(C(=O)N(CCCc2ccccc2)Cc2nc(C(=O)CS(N)(=O)=O)cs2)cc1OC. The molecule has 0 unspecified atom stereocenters. The van der Waals surface area contributed by atoms with Crippen LogP contribution in [0.4, 0.5) is 0 Å². The number of rotatable bonds is 13. The van der Waals surface area contributed by atoms with Crippen LogP contribution in [0, 0.1) is 0 Å². The number of methoxy groups -OCH3 is 2. The number of ether oxygens (including phenoxy) is 2. The van der Waals surface area contributed by atoms with Crippen molar-refractivity contribution in [2.75, 3.05) is 26.5 Å². The van der Waals surface area contributed by atoms with Gasteiger partial charge < -0.3 is 14.4 Å². The van der Waals surface area contributed by atoms with Crippen LogP contribution >= 0.6 is 11.3 Å². The molecule has 38 heavy (non-hydrogen) atoms. The second-order valence-electron chi connectivity index (χ2n) is 8.71. The number of allylic oxidation sites excluding steroid dienone is 1. The lowest BCUT2D eigenvalue weighted by atomic mass is 10.0. The first-order chi connectivity index (χ1) is 18.0. The van der Waals surface area contributed by atoms with Crippen LogP contribution in [-0.2, 0) is 23.0 Å². The van der Waals surface area contributed by atoms with Crippen molar-refractivity contribution in [2.24, 2.45) is 5.14 Å². The minimum atomic E-state index is -3.98. The fourth-order valence-electron chi connectivity index (χ4n) is 3.94. The highest BCUT2D eigenvalue weighted by atomic mass is 32.2. The normalized spacial score (nSPS) is 11.2. The number of amides is 1. The summed E-state index contributed by atoms with van der Waals surface area (Å²) >= 11 is 1.17. The Bertz CT molecular complexity index is 1390. The van der Waals surface area contributed by atoms with E-state index < -0.39 is 21.6 Å². The summed E-state index contributed by atoms with van der Waals surface area (Å²) in [6, 6.07) is 13.3. The van der Waals surface area contributed by atoms with Gasteiger partial charge in [0.25, 0.3) is 5.91 Å². The lowest BCUT2D eigenvalue weighted by Crippen LogP contribution is -2.32. The Morgan fingerprint density at radius 1 is 1.11 bits per heavy atom. The second-order valence-corrected chi connectivity index (χ2v) is 11.3. The third-order valence-corrected chi connectivity index (χ3v) is 7.20. The van der Waals surface area contributed by atoms with Crippen LogP contribution in [0.1, 0.15) is 50.3 Å². The van der Waals surface area contributed by atoms with E-state index >= 15 is 0 Å². The Kier molecular flexibility index (Phi) is 9.78. The van der Waals surface area contributed by atoms with E-state index in [-0.39, 0.29) is 18.1 Å². The van der Waals surface area contributed by atoms with Crippen molar-refractivity contribution < 1.29 is 27.5 Å². The van der Waals surface area contributed by atoms with Gasteiger partial charge in [-0.05, 0) is 43.0 Å². The van der Waals surface area contributed by atoms with E-state index in [4.69, 9.17) is 14.6 Å². The molecule has 2 N–H and O–H groups in total. The number of nitrogens with two attached hydrogens (primary N) is 1. The van der Waals surface area contributed by atoms with Crippen LogP contribution < -0.4 is 14.6 Å². The molecule has 0 radical (unpaired) electrons. The molecule has 0 saturated carbocycles. The zero-order valence-corrected chi connectivity index (χ0v) is 23.2. The van der Waals surface area contributed by atoms with Crippen LogP contribution in [0.25, 0.3) is 5.57 Å². The van der Waals surface area contributed by atoms with Crippen molar-refractivity contribution in [3.63, 3.8) is 0 Å². The Hall–Kier alpha value is -3.54. The summed E-state index contributed by atoms with van der Waals surface area (Å²) in [6.07, 6.45) is 1.46. The standard InChI is InChI=1S/C27H31N3O6S2/c1-18(2)26-23(35-3)13-20(14-24(26)36-4)27(32)30(12-8-11-19-9-6-5-7-10-19)15-25-29-21(16-37-25)22(31)17-38(28,33)34/h5-7,9-10,13-14,16H,1,8,11-12,15,17H2,2-4H3,(H2,28,33,34). The van der Waals surface area contributed by atoms with Gasteiger partial charge in [0.05, 0.1) is 26.3 Å². The van der Waals surface area contributed by atoms with E-state index in [1.807, 2.05) is 37.3 Å². The van der Waals surface area contributed by atoms with Gasteiger partial charge in [-0.3, -0.25) is 9.59 Å². The molecule has 0 saturated heterocycles. The molecular weight excluding hydrogens is 526 g/mol. The quantitative estimate of drug-likeness (QED) is 0.315. The fraction of sp³-hybridized carbons (Fsp3) is 0.296. The molecule has 0 aliphatic heterocycles. The van der Waals surface area contributed by atoms with Crippen LogP contribution in [-0.4, -0.2) is 56.5 Å². The van der Waals surface area contributed by atoms with Gasteiger partial charge in [0.2, 0.25) is 10.0 Å². The maximum atomic E-state index is 13.7. The number of nitrogens with zero attached hydrogens (tertiary/aromatic N) is 2. The van der Waals surface area contributed by atoms with Gasteiger partial charge in [-0.15, -0.1) is 11.3 Å². The maximum absolute atomic E-state index is 13.7. The molecule has 0 fully saturated rings. The number of sulfonamides is 1. The van der Waals surface area contributed by atoms with Crippen molar-refractivity contribution in [1.82, 2.24) is 9.88 Å². The van der Waals surface area contributed by atoms with Crippen molar-refractivity contribution in [1.29, 1.82) is 0 Å². The average Bonchev–Trinajstić information content (AvgIpc) is 3.35. The number of aryl methyl sites for hydroxylation is 1. The molecule has 0 bridgehead atoms. The number of hydrogen-bond donors (Lipinski definition) is 1. The number of aromatic nitrogens is 1. The van der Waals surface area contributed by atoms with E-state index in [1.54, 1.807) is 17.0 Å². The van der Waals surface area contributed by atoms with E-state index in [1.165, 1.54) is 30.9 Å². The van der Waals surface area contributed by atoms with Crippen LogP contribution in [0.15, 0.2) is 54.4 Å². The topological polar surface area (TPSA) is 129 Å². The van der Waals surface area contributed by atoms with E-state index in [9.17, 15) is 18.0 Å². The van der Waals surface area contributed by atoms with Gasteiger partial charge in [-0.2, -0.15) is 0 Å². The molecule has 1 heterocycles. The molecule has 202 valence electrons. The highest BCUT2D eigenvalue weighted by Gasteiger charge is 2.23. The molecule has 1 amide bonds. The lowest BCUT2D eigenvalue weighted by Gasteiger charge is -2.23. The number of carbonyl (C=O) groups is 2. The van der Waals surface area contributed by atoms with Gasteiger partial charge in [-0.1, -0.05) is 36.9 Å². The van der Waals surface area contributed by atoms with Gasteiger partial charge >= 0.3 is 0 Å². The number of benzene rings is 2. The first kappa shape index (κ1) is 29.0. The number of ketones is 1. The summed E-state index contributed by atoms with van der Waals surface area (Å²) in [6.45, 7) is 6.36. The third-order valence-electron chi connectivity index (χ3n) is 5.70. The molecule has 0 aliphatic carbocycles. The molecular formula is C27H31N3O6S2. The summed E-state index contributed by atoms with van der Waals surface area (Å²) in [5.74, 6) is -0.855. The predicted octanol–water partition coefficient (Wildman–Crippen LogP) is 3.94. The first-order valence-electron chi connectivity index (χ1n) is 11.8. The summed E-state index contributed by atoms with van der Waals surface area (Å²) in [5, 5.41) is 6.96. The maximum Gasteiger partial charge on any atom is 0.254 e. The Morgan fingerprint density at radius 3 is 2.29 bits per heavy atom. The summed E-state index contributed by atoms with van der Waals surface area (Å²) in [4.78, 5) is 31.9. The zero-order chi connectivity index (χ0) is 27.9. The molecule has 2 aromatic carbocycles. The predicted molar refractivity (Wildman–Crippen MR) is 148 cm³/mol. The van der Waals surface area contributed by atoms with Crippen molar-refractivity contribution in [3.05, 3.63) is 81.8 Å². The molecule has 0 spiro atoms. The Labute approximate surface area is 227 Å². The zero-order valence-electron chi connectivity index (χ0n) is 21.6. The van der Waals surface area contributed by atoms with E-state index in [2.05, 4.69) is 11.6 Å². The molecule has 0 aliphatic rings. The van der Waals surface area contributed by atoms with Gasteiger partial charge in [0, 0.05) is 17.5 Å². The van der Waals surface area contributed by atoms with E-state index in [0.717, 1.165) is 17.6 Å². The fourth-order valence-corrected chi connectivity index (χ4v) is 5.27. The number of primary sulfonamides is 1. The molecule has 3 rings (SSSR count). The monoisotopic (exact) mass is 557 g/mol. The second kappa shape index (κ2) is 12.8. The largest absolute Gasteiger partial charge is 0.496 e. The molecule has 3 aromatic rings. The van der Waals surface area contributed by atoms with E-state index in [0.29, 0.717) is 40.6 Å². The van der Waals surface area contributed by atoms with Crippen LogP contribution in [0.5, 0.6) is 11.5 Å². The number of thiazole rings is 1. The molecule has 11 heteroatoms. The average molecular weight is 558 g/mol. The first-order valence-corrected chi connectivity index (χ1v) is 14.3. The van der Waals surface area contributed by atoms with Gasteiger partial charge in [0.15, 0.2) is 5.78 Å². The highest BCUT2D eigenvalue weighted by molar-refractivity contribution is 7.89. The smallest absolute Gasteiger partial charge is 0.254 e. The molecule has 9 nitrogen and oxygen atoms in total. The Morgan fingerprint density at radius 2 is 1.74 bits per heavy atom. The molecule has 1 aromatic heterocycles. The minimum absolute atomic E-state index is 0.00450. The summed E-state index contributed by atoms with van der Waals surface area (Å²) < 4.78 is 33.7. The minimum Gasteiger partial charge on any atom is -0.496 e. The summed E-state index contributed by atoms with van der Waals surface area (Å²) in [7, 11) is -0.942. The lowest BCUT2D eigenvalue weighted by molar-refractivity contribution is 0.0740. The van der Waals surface area contributed by atoms with Crippen LogP contribution in [0.2, 0.25) is 0 Å². The van der Waals surface area contributed by atoms with Gasteiger partial charge in [0.1, 0.15) is 28.0 Å². The Balaban J connectivity index is 1.89. The number of Topliss-reactive ketones (excluding diaryl/α,β-unsaturated/α-hetero) is 1. The molecule has 0 atom stereocenters. The number of hydrogen-bond acceptors (Lipinski definition) is 8. The summed E-state index contributed by atoms with van der Waals surface area (Å²) in [5.41, 5.74) is 2.94. The number of carbonyl (C=O) groups excluding carboxylic acids is 2.